The average Bonchev–Trinajstić information content (AvgIpc) is 1.04. The van der Waals surface area contributed by atoms with Crippen LogP contribution in [0, 0.1) is 11.6 Å². The summed E-state index contributed by atoms with van der Waals surface area (Å²) in [6.45, 7) is 7.28. The number of carboxylic acid groups (broad SMARTS) is 3. The minimum Gasteiger partial charge on any atom is -0.508 e. The molecule has 0 saturated carbocycles. The number of unbranched alkanes of at least 4 members (excludes halogenated alkanes) is 2. The summed E-state index contributed by atoms with van der Waals surface area (Å²) < 4.78 is 35.4. The van der Waals surface area contributed by atoms with Gasteiger partial charge in [0.1, 0.15) is 29.2 Å². The largest absolute Gasteiger partial charge is 0.508 e. The maximum atomic E-state index is 14.7. The van der Waals surface area contributed by atoms with Crippen molar-refractivity contribution in [1.82, 2.24) is 61.3 Å². The lowest BCUT2D eigenvalue weighted by Gasteiger charge is -2.34. The Kier molecular flexibility index (Phi) is 32.5. The standard InChI is InChI=1S/C62H90F2N14O14/c1-2-52(80)67-21-22-69-62(91)72-61(65)68-20-9-13-51(59(89)70-39-48-49(63)37-46(79)38-50(48)64)71-60(90)58(44-11-5-3-6-12-44)45-15-17-47(18-16-45)92-36-10-23-73-32-34-78(35-33-73)54(82)14-7-4-8-19-66-53(81)40-74-24-26-75(41-55(83)84)28-30-77(43-57(87)88)31-29-76(27-25-74)42-56(85)86/h3,5-6,11-12,15-18,37-38,51,58,79H,2,4,7-10,13-14,19-36,39-43H2,1H3,(H,66,81)(H,67,80)(H,70,89)(H,71,90)(H,83,84)(H,85,86)(H,87,88)(H4,65,68,69,72,91)/t51-,58?/m1/s1. The molecule has 3 aromatic rings. The molecular formula is C62H90F2N14O14. The van der Waals surface area contributed by atoms with E-state index in [2.05, 4.69) is 41.8 Å². The Morgan fingerprint density at radius 2 is 1.10 bits per heavy atom. The molecule has 3 aromatic carbocycles. The van der Waals surface area contributed by atoms with E-state index in [4.69, 9.17) is 10.5 Å². The molecule has 0 spiro atoms. The van der Waals surface area contributed by atoms with Crippen molar-refractivity contribution in [3.05, 3.63) is 95.1 Å². The fourth-order valence-electron chi connectivity index (χ4n) is 10.4. The highest BCUT2D eigenvalue weighted by Gasteiger charge is 2.29. The van der Waals surface area contributed by atoms with Crippen LogP contribution in [0.2, 0.25) is 0 Å². The quantitative estimate of drug-likeness (QED) is 0.0221. The summed E-state index contributed by atoms with van der Waals surface area (Å²) in [6.07, 6.45) is 3.62. The number of urea groups is 1. The Hall–Kier alpha value is -8.58. The lowest BCUT2D eigenvalue weighted by molar-refractivity contribution is -0.140. The summed E-state index contributed by atoms with van der Waals surface area (Å²) in [5, 5.41) is 54.2. The van der Waals surface area contributed by atoms with Crippen molar-refractivity contribution in [2.75, 3.05) is 144 Å². The Balaban J connectivity index is 1.04. The summed E-state index contributed by atoms with van der Waals surface area (Å²) in [5.41, 5.74) is 6.60. The van der Waals surface area contributed by atoms with Crippen LogP contribution >= 0.6 is 0 Å². The van der Waals surface area contributed by atoms with Crippen molar-refractivity contribution in [3.63, 3.8) is 0 Å². The van der Waals surface area contributed by atoms with E-state index < -0.39 is 77.2 Å². The molecule has 1 unspecified atom stereocenters. The number of nitrogens with zero attached hydrogens (tertiary/aromatic N) is 7. The number of hydrogen-bond donors (Lipinski definition) is 11. The van der Waals surface area contributed by atoms with Crippen molar-refractivity contribution in [1.29, 1.82) is 0 Å². The number of carbonyl (C=O) groups excluding carboxylic acids is 6. The Morgan fingerprint density at radius 3 is 1.66 bits per heavy atom. The van der Waals surface area contributed by atoms with E-state index in [1.165, 1.54) is 0 Å². The van der Waals surface area contributed by atoms with E-state index in [-0.39, 0.29) is 109 Å². The third kappa shape index (κ3) is 28.3. The number of ether oxygens (including phenoxy) is 1. The number of carbonyl (C=O) groups is 9. The number of nitrogens with two attached hydrogens (primary N) is 1. The molecule has 506 valence electrons. The number of piperazine rings is 1. The van der Waals surface area contributed by atoms with Crippen molar-refractivity contribution >= 4 is 59.4 Å². The predicted molar refractivity (Wildman–Crippen MR) is 335 cm³/mol. The molecule has 2 saturated heterocycles. The second-order valence-corrected chi connectivity index (χ2v) is 22.5. The van der Waals surface area contributed by atoms with Gasteiger partial charge in [-0.05, 0) is 55.4 Å². The molecule has 2 heterocycles. The monoisotopic (exact) mass is 1290 g/mol. The Morgan fingerprint density at radius 1 is 0.576 bits per heavy atom. The van der Waals surface area contributed by atoms with Crippen molar-refractivity contribution in [3.8, 4) is 11.5 Å². The summed E-state index contributed by atoms with van der Waals surface area (Å²) in [4.78, 5) is 128. The van der Waals surface area contributed by atoms with E-state index in [1.54, 1.807) is 76.2 Å². The molecule has 2 atom stereocenters. The number of amides is 7. The number of halogens is 2. The first-order valence-electron chi connectivity index (χ1n) is 31.1. The van der Waals surface area contributed by atoms with E-state index >= 15 is 0 Å². The smallest absolute Gasteiger partial charge is 0.344 e. The van der Waals surface area contributed by atoms with Crippen molar-refractivity contribution in [2.45, 2.75) is 76.8 Å². The van der Waals surface area contributed by atoms with E-state index in [1.807, 2.05) is 9.80 Å². The van der Waals surface area contributed by atoms with Gasteiger partial charge in [0.2, 0.25) is 29.5 Å². The molecule has 5 rings (SSSR count). The zero-order valence-electron chi connectivity index (χ0n) is 52.3. The molecule has 2 aliphatic rings. The van der Waals surface area contributed by atoms with Crippen LogP contribution in [0.3, 0.4) is 0 Å². The van der Waals surface area contributed by atoms with E-state index in [0.29, 0.717) is 127 Å². The number of guanidine groups is 1. The number of rotatable bonds is 34. The molecular weight excluding hydrogens is 1200 g/mol. The van der Waals surface area contributed by atoms with Crippen LogP contribution in [0.25, 0.3) is 0 Å². The zero-order chi connectivity index (χ0) is 66.8. The SMILES string of the molecule is CCC(=O)NCCNC(=O)/N=C(/N)NCCC[C@@H](NC(=O)C(c1ccccc1)c1ccc(OCCCN2CCN(C(=O)CCCCCNC(=O)CN3CCN(CC(=O)O)CCN(CC(=O)O)CCN(CC(=O)O)CC3)CC2)cc1)C(=O)NCc1c(F)cc(O)cc1F. The first kappa shape index (κ1) is 74.2. The second kappa shape index (κ2) is 40.3. The van der Waals surface area contributed by atoms with Crippen molar-refractivity contribution < 1.29 is 77.1 Å². The summed E-state index contributed by atoms with van der Waals surface area (Å²) in [6, 6.07) is 15.3. The van der Waals surface area contributed by atoms with Gasteiger partial charge >= 0.3 is 23.9 Å². The lowest BCUT2D eigenvalue weighted by atomic mass is 9.90. The molecule has 0 aromatic heterocycles. The highest BCUT2D eigenvalue weighted by molar-refractivity contribution is 5.93. The van der Waals surface area contributed by atoms with Gasteiger partial charge < -0.3 is 67.7 Å². The van der Waals surface area contributed by atoms with Gasteiger partial charge in [-0.3, -0.25) is 62.9 Å². The van der Waals surface area contributed by atoms with Crippen LogP contribution < -0.4 is 42.4 Å². The van der Waals surface area contributed by atoms with Gasteiger partial charge in [-0.1, -0.05) is 55.8 Å². The number of phenolic OH excluding ortho intramolecular Hbond substituents is 1. The minimum atomic E-state index is -1.23. The van der Waals surface area contributed by atoms with Crippen molar-refractivity contribution in [2.24, 2.45) is 10.7 Å². The number of carboxylic acids is 3. The van der Waals surface area contributed by atoms with Gasteiger partial charge in [-0.15, -0.1) is 0 Å². The highest BCUT2D eigenvalue weighted by Crippen LogP contribution is 2.28. The fraction of sp³-hybridized carbons (Fsp3) is 0.548. The normalized spacial score (nSPS) is 15.8. The van der Waals surface area contributed by atoms with Crippen LogP contribution in [0.15, 0.2) is 71.7 Å². The third-order valence-electron chi connectivity index (χ3n) is 15.4. The number of benzene rings is 3. The second-order valence-electron chi connectivity index (χ2n) is 22.5. The molecule has 2 fully saturated rings. The first-order valence-corrected chi connectivity index (χ1v) is 31.1. The average molecular weight is 1290 g/mol. The maximum absolute atomic E-state index is 14.7. The summed E-state index contributed by atoms with van der Waals surface area (Å²) in [7, 11) is 0. The number of phenols is 1. The Bertz CT molecular complexity index is 2850. The first-order chi connectivity index (χ1) is 44.1. The lowest BCUT2D eigenvalue weighted by Crippen LogP contribution is -2.49. The number of aromatic hydroxyl groups is 1. The highest BCUT2D eigenvalue weighted by atomic mass is 19.1. The fourth-order valence-corrected chi connectivity index (χ4v) is 10.4. The summed E-state index contributed by atoms with van der Waals surface area (Å²) in [5.74, 6) is -8.10. The van der Waals surface area contributed by atoms with E-state index in [9.17, 15) is 72.4 Å². The maximum Gasteiger partial charge on any atom is 0.344 e. The van der Waals surface area contributed by atoms with Crippen LogP contribution in [0.4, 0.5) is 13.6 Å². The molecule has 92 heavy (non-hydrogen) atoms. The van der Waals surface area contributed by atoms with Gasteiger partial charge in [0, 0.05) is 148 Å². The number of nitrogens with one attached hydrogen (secondary N) is 6. The number of hydrogen-bond acceptors (Lipinski definition) is 16. The molecule has 0 radical (unpaired) electrons. The zero-order valence-corrected chi connectivity index (χ0v) is 52.3. The Labute approximate surface area is 534 Å². The molecule has 7 amide bonds. The van der Waals surface area contributed by atoms with Gasteiger partial charge in [0.05, 0.1) is 38.7 Å². The predicted octanol–water partition coefficient (Wildman–Crippen LogP) is 0.589. The summed E-state index contributed by atoms with van der Waals surface area (Å²) >= 11 is 0. The topological polar surface area (TPSA) is 374 Å². The van der Waals surface area contributed by atoms with Crippen LogP contribution in [-0.2, 0) is 44.9 Å². The molecule has 12 N–H and O–H groups in total. The van der Waals surface area contributed by atoms with Crippen LogP contribution in [0.5, 0.6) is 11.5 Å². The molecule has 28 nitrogen and oxygen atoms in total. The molecule has 0 bridgehead atoms. The van der Waals surface area contributed by atoms with Crippen LogP contribution in [0.1, 0.15) is 80.9 Å². The van der Waals surface area contributed by atoms with Gasteiger partial charge in [0.15, 0.2) is 5.96 Å². The van der Waals surface area contributed by atoms with Gasteiger partial charge in [0.25, 0.3) is 0 Å². The van der Waals surface area contributed by atoms with Gasteiger partial charge in [-0.2, -0.15) is 4.99 Å². The number of aliphatic carboxylic acids is 3. The number of aliphatic imine (C=N–C) groups is 1. The molecule has 0 aliphatic carbocycles. The van der Waals surface area contributed by atoms with E-state index in [0.717, 1.165) is 13.0 Å². The molecule has 30 heteroatoms. The minimum absolute atomic E-state index is 0.00651. The third-order valence-corrected chi connectivity index (χ3v) is 15.4. The van der Waals surface area contributed by atoms with Crippen LogP contribution in [-0.4, -0.2) is 259 Å². The van der Waals surface area contributed by atoms with Gasteiger partial charge in [-0.25, -0.2) is 13.6 Å². The molecule has 2 aliphatic heterocycles.